The van der Waals surface area contributed by atoms with Crippen LogP contribution in [0.15, 0.2) is 76.8 Å². The summed E-state index contributed by atoms with van der Waals surface area (Å²) in [5.41, 5.74) is 7.15. The van der Waals surface area contributed by atoms with E-state index in [1.165, 1.54) is 0 Å². The molecule has 3 heterocycles. The first kappa shape index (κ1) is 29.1. The Morgan fingerprint density at radius 3 is 2.24 bits per heavy atom. The fourth-order valence-corrected chi connectivity index (χ4v) is 7.23. The Bertz CT molecular complexity index is 1700. The zero-order valence-electron chi connectivity index (χ0n) is 23.9. The van der Waals surface area contributed by atoms with Crippen LogP contribution in [-0.4, -0.2) is 46.7 Å². The van der Waals surface area contributed by atoms with Crippen molar-refractivity contribution in [1.82, 2.24) is 19.6 Å². The summed E-state index contributed by atoms with van der Waals surface area (Å²) in [7, 11) is 1.78. The number of aromatic nitrogens is 4. The largest absolute Gasteiger partial charge is 0.382 e. The van der Waals surface area contributed by atoms with Crippen molar-refractivity contribution in [1.29, 1.82) is 0 Å². The zero-order valence-corrected chi connectivity index (χ0v) is 24.7. The van der Waals surface area contributed by atoms with Gasteiger partial charge in [0.25, 0.3) is 0 Å². The van der Waals surface area contributed by atoms with E-state index in [0.717, 1.165) is 18.4 Å². The lowest BCUT2D eigenvalue weighted by Crippen LogP contribution is -2.27. The number of para-hydroxylation sites is 1. The fourth-order valence-electron chi connectivity index (χ4n) is 5.54. The van der Waals surface area contributed by atoms with Crippen molar-refractivity contribution in [2.45, 2.75) is 47.8 Å². The maximum atomic E-state index is 13.5. The Morgan fingerprint density at radius 1 is 0.952 bits per heavy atom. The van der Waals surface area contributed by atoms with E-state index < -0.39 is 15.8 Å². The highest BCUT2D eigenvalue weighted by molar-refractivity contribution is 7.92. The molecule has 1 amide bonds. The second-order valence-electron chi connectivity index (χ2n) is 10.8. The molecule has 2 aromatic carbocycles. The van der Waals surface area contributed by atoms with Gasteiger partial charge < -0.3 is 16.0 Å². The van der Waals surface area contributed by atoms with Crippen molar-refractivity contribution >= 4 is 44.5 Å². The van der Waals surface area contributed by atoms with Gasteiger partial charge in [-0.15, -0.1) is 0 Å². The summed E-state index contributed by atoms with van der Waals surface area (Å²) in [6, 6.07) is 15.6. The van der Waals surface area contributed by atoms with E-state index in [4.69, 9.17) is 5.73 Å². The van der Waals surface area contributed by atoms with Gasteiger partial charge >= 0.3 is 0 Å². The zero-order chi connectivity index (χ0) is 30.0. The summed E-state index contributed by atoms with van der Waals surface area (Å²) in [6.45, 7) is 0. The SMILES string of the molecule is CN1c2ccccc2S(=O)(=O)c2ccc(C(CC3CCC(=O)CC3)C(=O)Nc3ccn(C)n3)cc21.Cn1ccc(N)n1. The maximum Gasteiger partial charge on any atom is 0.233 e. The molecule has 2 aromatic heterocycles. The molecule has 1 atom stereocenters. The molecule has 220 valence electrons. The topological polar surface area (TPSA) is 145 Å². The van der Waals surface area contributed by atoms with E-state index in [2.05, 4.69) is 15.5 Å². The number of ketones is 1. The summed E-state index contributed by atoms with van der Waals surface area (Å²) in [6.07, 6.45) is 6.75. The van der Waals surface area contributed by atoms with E-state index in [-0.39, 0.29) is 27.4 Å². The number of nitrogen functional groups attached to an aromatic ring is 1. The smallest absolute Gasteiger partial charge is 0.233 e. The summed E-state index contributed by atoms with van der Waals surface area (Å²) < 4.78 is 29.9. The number of carbonyl (C=O) groups excluding carboxylic acids is 2. The van der Waals surface area contributed by atoms with Gasteiger partial charge in [0, 0.05) is 52.4 Å². The normalized spacial score (nSPS) is 16.5. The van der Waals surface area contributed by atoms with Crippen molar-refractivity contribution in [3.63, 3.8) is 0 Å². The predicted molar refractivity (Wildman–Crippen MR) is 160 cm³/mol. The number of hydrogen-bond donors (Lipinski definition) is 2. The number of sulfone groups is 1. The van der Waals surface area contributed by atoms with Crippen molar-refractivity contribution in [2.24, 2.45) is 20.0 Å². The molecule has 12 heteroatoms. The van der Waals surface area contributed by atoms with Gasteiger partial charge in [0.1, 0.15) is 11.6 Å². The molecular formula is C30H35N7O4S. The molecule has 1 saturated carbocycles. The number of aryl methyl sites for hydroxylation is 2. The average Bonchev–Trinajstić information content (AvgIpc) is 3.57. The number of benzene rings is 2. The molecule has 11 nitrogen and oxygen atoms in total. The van der Waals surface area contributed by atoms with Crippen LogP contribution in [0.1, 0.15) is 43.6 Å². The Kier molecular flexibility index (Phi) is 8.17. The number of nitrogens with two attached hydrogens (primary N) is 1. The molecule has 1 fully saturated rings. The first-order chi connectivity index (χ1) is 20.0. The Balaban J connectivity index is 0.000000442. The lowest BCUT2D eigenvalue weighted by molar-refractivity contribution is -0.121. The lowest BCUT2D eigenvalue weighted by Gasteiger charge is -2.31. The number of amides is 1. The Morgan fingerprint density at radius 2 is 1.62 bits per heavy atom. The number of fused-ring (bicyclic) bond motifs is 2. The molecule has 0 spiro atoms. The number of hydrogen-bond acceptors (Lipinski definition) is 8. The highest BCUT2D eigenvalue weighted by Gasteiger charge is 2.34. The molecule has 1 aliphatic carbocycles. The number of nitrogens with zero attached hydrogens (tertiary/aromatic N) is 5. The van der Waals surface area contributed by atoms with Crippen LogP contribution in [0.25, 0.3) is 0 Å². The number of Topliss-reactive ketones (excluding diaryl/α,β-unsaturated/α-hetero) is 1. The van der Waals surface area contributed by atoms with Crippen molar-refractivity contribution in [2.75, 3.05) is 23.0 Å². The summed E-state index contributed by atoms with van der Waals surface area (Å²) >= 11 is 0. The first-order valence-corrected chi connectivity index (χ1v) is 15.3. The predicted octanol–water partition coefficient (Wildman–Crippen LogP) is 4.21. The third-order valence-electron chi connectivity index (χ3n) is 7.80. The molecule has 1 aliphatic heterocycles. The van der Waals surface area contributed by atoms with Gasteiger partial charge in [-0.25, -0.2) is 8.42 Å². The molecule has 6 rings (SSSR count). The van der Waals surface area contributed by atoms with Gasteiger partial charge in [-0.3, -0.25) is 19.0 Å². The standard InChI is InChI=1S/C26H28N4O4S.C4H7N3/c1-29-14-13-25(28-29)27-26(32)20(15-17-7-10-19(31)11-8-17)18-9-12-24-22(16-18)30(2)21-5-3-4-6-23(21)35(24,33)34;1-7-3-2-4(5)6-7/h3-6,9,12-14,16-17,20H,7-8,10-11,15H2,1-2H3,(H,27,28,32);2-3H,1H3,(H2,5,6). The minimum atomic E-state index is -3.67. The second kappa shape index (κ2) is 11.8. The first-order valence-electron chi connectivity index (χ1n) is 13.8. The highest BCUT2D eigenvalue weighted by atomic mass is 32.2. The quantitative estimate of drug-likeness (QED) is 0.352. The molecule has 0 bridgehead atoms. The monoisotopic (exact) mass is 589 g/mol. The van der Waals surface area contributed by atoms with E-state index >= 15 is 0 Å². The molecule has 42 heavy (non-hydrogen) atoms. The van der Waals surface area contributed by atoms with Crippen molar-refractivity contribution < 1.29 is 18.0 Å². The van der Waals surface area contributed by atoms with Gasteiger partial charge in [0.2, 0.25) is 15.7 Å². The Labute approximate surface area is 245 Å². The summed E-state index contributed by atoms with van der Waals surface area (Å²) in [5.74, 6) is 0.854. The van der Waals surface area contributed by atoms with Crippen LogP contribution < -0.4 is 16.0 Å². The average molecular weight is 590 g/mol. The van der Waals surface area contributed by atoms with Crippen LogP contribution in [0.2, 0.25) is 0 Å². The van der Waals surface area contributed by atoms with Crippen LogP contribution in [0.5, 0.6) is 0 Å². The molecule has 2 aliphatic rings. The number of anilines is 4. The maximum absolute atomic E-state index is 13.5. The molecule has 0 saturated heterocycles. The fraction of sp³-hybridized carbons (Fsp3) is 0.333. The van der Waals surface area contributed by atoms with Crippen molar-refractivity contribution in [3.05, 3.63) is 72.6 Å². The summed E-state index contributed by atoms with van der Waals surface area (Å²) in [5, 5.41) is 11.0. The van der Waals surface area contributed by atoms with Gasteiger partial charge in [0.15, 0.2) is 5.82 Å². The second-order valence-corrected chi connectivity index (χ2v) is 12.7. The van der Waals surface area contributed by atoms with Crippen molar-refractivity contribution in [3.8, 4) is 0 Å². The van der Waals surface area contributed by atoms with E-state index in [1.54, 1.807) is 71.3 Å². The number of rotatable bonds is 5. The van der Waals surface area contributed by atoms with E-state index in [9.17, 15) is 18.0 Å². The number of carbonyl (C=O) groups is 2. The third kappa shape index (κ3) is 6.08. The van der Waals surface area contributed by atoms with E-state index in [0.29, 0.717) is 42.3 Å². The van der Waals surface area contributed by atoms with Gasteiger partial charge in [-0.1, -0.05) is 18.2 Å². The third-order valence-corrected chi connectivity index (χ3v) is 9.65. The lowest BCUT2D eigenvalue weighted by atomic mass is 9.79. The molecule has 0 radical (unpaired) electrons. The molecular weight excluding hydrogens is 554 g/mol. The van der Waals surface area contributed by atoms with Gasteiger partial charge in [-0.2, -0.15) is 10.2 Å². The van der Waals surface area contributed by atoms with Gasteiger partial charge in [0.05, 0.1) is 27.1 Å². The molecule has 3 N–H and O–H groups in total. The van der Waals surface area contributed by atoms with Crippen LogP contribution in [0.4, 0.5) is 23.0 Å². The Hall–Kier alpha value is -4.45. The van der Waals surface area contributed by atoms with Crippen LogP contribution in [-0.2, 0) is 33.5 Å². The van der Waals surface area contributed by atoms with Crippen LogP contribution in [0.3, 0.4) is 0 Å². The molecule has 4 aromatic rings. The van der Waals surface area contributed by atoms with Crippen LogP contribution >= 0.6 is 0 Å². The minimum Gasteiger partial charge on any atom is -0.382 e. The van der Waals surface area contributed by atoms with Crippen LogP contribution in [0, 0.1) is 5.92 Å². The molecule has 1 unspecified atom stereocenters. The highest BCUT2D eigenvalue weighted by Crippen LogP contribution is 2.44. The number of nitrogens with one attached hydrogen (secondary N) is 1. The summed E-state index contributed by atoms with van der Waals surface area (Å²) in [4.78, 5) is 27.6. The van der Waals surface area contributed by atoms with E-state index in [1.807, 2.05) is 31.1 Å². The van der Waals surface area contributed by atoms with Gasteiger partial charge in [-0.05, 0) is 61.1 Å². The minimum absolute atomic E-state index is 0.192.